The second kappa shape index (κ2) is 10.1. The van der Waals surface area contributed by atoms with Crippen molar-refractivity contribution >= 4 is 5.69 Å². The molecule has 1 heterocycles. The molecule has 0 radical (unpaired) electrons. The number of ether oxygens (including phenoxy) is 3. The number of aryl methyl sites for hydroxylation is 3. The van der Waals surface area contributed by atoms with Gasteiger partial charge in [-0.05, 0) is 62.8 Å². The molecular formula is C23H33N3O4. The van der Waals surface area contributed by atoms with Crippen LogP contribution in [0.1, 0.15) is 36.6 Å². The van der Waals surface area contributed by atoms with Crippen LogP contribution in [-0.2, 0) is 28.9 Å². The molecule has 30 heavy (non-hydrogen) atoms. The molecule has 7 heteroatoms. The van der Waals surface area contributed by atoms with Crippen LogP contribution in [0.4, 0.5) is 5.69 Å². The molecule has 0 unspecified atom stereocenters. The molecule has 7 nitrogen and oxygen atoms in total. The van der Waals surface area contributed by atoms with Gasteiger partial charge in [0.25, 0.3) is 5.56 Å². The van der Waals surface area contributed by atoms with Crippen LogP contribution in [0.25, 0.3) is 11.4 Å². The Labute approximate surface area is 178 Å². The Hall–Kier alpha value is -2.38. The van der Waals surface area contributed by atoms with Crippen molar-refractivity contribution in [2.45, 2.75) is 52.1 Å². The molecule has 1 aromatic heterocycles. The number of fused-ring (bicyclic) bond motifs is 1. The standard InChI is InChI=1S/C23H33N3O4/c1-6-26-22(19-11-16-9-7-8-10-17(16)12-20(19)30-5)24-15(2)21(23(26)27)25-18(13-28-3)14-29-4/h11-12,18,25H,6-10,13-14H2,1-5H3. The Morgan fingerprint density at radius 2 is 1.73 bits per heavy atom. The fourth-order valence-electron chi connectivity index (χ4n) is 4.17. The van der Waals surface area contributed by atoms with Crippen LogP contribution in [0.3, 0.4) is 0 Å². The van der Waals surface area contributed by atoms with Crippen LogP contribution in [0.2, 0.25) is 0 Å². The molecule has 1 N–H and O–H groups in total. The zero-order valence-corrected chi connectivity index (χ0v) is 18.7. The van der Waals surface area contributed by atoms with E-state index in [4.69, 9.17) is 19.2 Å². The van der Waals surface area contributed by atoms with E-state index in [1.807, 2.05) is 13.8 Å². The molecule has 0 aliphatic heterocycles. The van der Waals surface area contributed by atoms with Gasteiger partial charge in [0.15, 0.2) is 0 Å². The fourth-order valence-corrected chi connectivity index (χ4v) is 4.17. The smallest absolute Gasteiger partial charge is 0.277 e. The lowest BCUT2D eigenvalue weighted by Crippen LogP contribution is -2.35. The minimum absolute atomic E-state index is 0.100. The molecule has 0 atom stereocenters. The van der Waals surface area contributed by atoms with Crippen molar-refractivity contribution in [3.63, 3.8) is 0 Å². The number of nitrogens with zero attached hydrogens (tertiary/aromatic N) is 2. The van der Waals surface area contributed by atoms with Crippen molar-refractivity contribution < 1.29 is 14.2 Å². The van der Waals surface area contributed by atoms with Gasteiger partial charge in [-0.15, -0.1) is 0 Å². The number of rotatable bonds is 9. The molecule has 0 bridgehead atoms. The van der Waals surface area contributed by atoms with Crippen LogP contribution in [0.5, 0.6) is 5.75 Å². The molecule has 0 spiro atoms. The van der Waals surface area contributed by atoms with Crippen LogP contribution in [0, 0.1) is 6.92 Å². The highest BCUT2D eigenvalue weighted by atomic mass is 16.5. The summed E-state index contributed by atoms with van der Waals surface area (Å²) >= 11 is 0. The summed E-state index contributed by atoms with van der Waals surface area (Å²) in [6.07, 6.45) is 4.52. The highest BCUT2D eigenvalue weighted by molar-refractivity contribution is 5.68. The monoisotopic (exact) mass is 415 g/mol. The molecule has 1 aromatic carbocycles. The largest absolute Gasteiger partial charge is 0.496 e. The number of hydrogen-bond acceptors (Lipinski definition) is 6. The van der Waals surface area contributed by atoms with Gasteiger partial charge in [-0.25, -0.2) is 4.98 Å². The van der Waals surface area contributed by atoms with E-state index in [-0.39, 0.29) is 11.6 Å². The average molecular weight is 416 g/mol. The molecular weight excluding hydrogens is 382 g/mol. The van der Waals surface area contributed by atoms with E-state index in [0.29, 0.717) is 37.0 Å². The first-order valence-electron chi connectivity index (χ1n) is 10.6. The highest BCUT2D eigenvalue weighted by Crippen LogP contribution is 2.35. The topological polar surface area (TPSA) is 74.6 Å². The summed E-state index contributed by atoms with van der Waals surface area (Å²) in [6.45, 7) is 5.18. The molecule has 0 saturated carbocycles. The summed E-state index contributed by atoms with van der Waals surface area (Å²) in [4.78, 5) is 18.2. The predicted octanol–water partition coefficient (Wildman–Crippen LogP) is 3.20. The second-order valence-electron chi connectivity index (χ2n) is 7.73. The van der Waals surface area contributed by atoms with Crippen LogP contribution in [-0.4, -0.2) is 50.1 Å². The lowest BCUT2D eigenvalue weighted by atomic mass is 9.89. The molecule has 0 fully saturated rings. The summed E-state index contributed by atoms with van der Waals surface area (Å²) in [5, 5.41) is 3.27. The zero-order valence-electron chi connectivity index (χ0n) is 18.7. The molecule has 0 saturated heterocycles. The first-order valence-corrected chi connectivity index (χ1v) is 10.6. The van der Waals surface area contributed by atoms with E-state index in [9.17, 15) is 4.79 Å². The van der Waals surface area contributed by atoms with Crippen molar-refractivity contribution in [3.8, 4) is 17.1 Å². The van der Waals surface area contributed by atoms with E-state index in [1.165, 1.54) is 24.0 Å². The van der Waals surface area contributed by atoms with Gasteiger partial charge in [0.05, 0.1) is 37.6 Å². The number of nitrogens with one attached hydrogen (secondary N) is 1. The quantitative estimate of drug-likeness (QED) is 0.678. The third-order valence-corrected chi connectivity index (χ3v) is 5.66. The van der Waals surface area contributed by atoms with Gasteiger partial charge in [-0.3, -0.25) is 9.36 Å². The van der Waals surface area contributed by atoms with Crippen molar-refractivity contribution in [1.29, 1.82) is 0 Å². The van der Waals surface area contributed by atoms with Gasteiger partial charge in [0, 0.05) is 20.8 Å². The van der Waals surface area contributed by atoms with Crippen molar-refractivity contribution in [2.24, 2.45) is 0 Å². The van der Waals surface area contributed by atoms with E-state index < -0.39 is 0 Å². The summed E-state index contributed by atoms with van der Waals surface area (Å²) in [5.74, 6) is 1.41. The first kappa shape index (κ1) is 22.3. The first-order chi connectivity index (χ1) is 14.5. The third-order valence-electron chi connectivity index (χ3n) is 5.66. The normalized spacial score (nSPS) is 13.4. The zero-order chi connectivity index (χ0) is 21.7. The predicted molar refractivity (Wildman–Crippen MR) is 119 cm³/mol. The van der Waals surface area contributed by atoms with Gasteiger partial charge in [0.2, 0.25) is 0 Å². The van der Waals surface area contributed by atoms with E-state index in [1.54, 1.807) is 25.9 Å². The van der Waals surface area contributed by atoms with E-state index in [0.717, 1.165) is 24.2 Å². The lowest BCUT2D eigenvalue weighted by Gasteiger charge is -2.23. The summed E-state index contributed by atoms with van der Waals surface area (Å²) in [6, 6.07) is 4.14. The van der Waals surface area contributed by atoms with Gasteiger partial charge in [-0.1, -0.05) is 0 Å². The Morgan fingerprint density at radius 1 is 1.10 bits per heavy atom. The van der Waals surface area contributed by atoms with Gasteiger partial charge < -0.3 is 19.5 Å². The number of hydrogen-bond donors (Lipinski definition) is 1. The number of anilines is 1. The van der Waals surface area contributed by atoms with E-state index >= 15 is 0 Å². The number of benzene rings is 1. The SMILES string of the molecule is CCn1c(-c2cc3c(cc2OC)CCCC3)nc(C)c(NC(COC)COC)c1=O. The Balaban J connectivity index is 2.10. The molecule has 2 aromatic rings. The van der Waals surface area contributed by atoms with Gasteiger partial charge >= 0.3 is 0 Å². The summed E-state index contributed by atoms with van der Waals surface area (Å²) < 4.78 is 17.9. The maximum atomic E-state index is 13.4. The number of aromatic nitrogens is 2. The van der Waals surface area contributed by atoms with E-state index in [2.05, 4.69) is 17.4 Å². The third kappa shape index (κ3) is 4.52. The average Bonchev–Trinajstić information content (AvgIpc) is 2.75. The number of methoxy groups -OCH3 is 3. The van der Waals surface area contributed by atoms with Crippen molar-refractivity contribution in [3.05, 3.63) is 39.3 Å². The second-order valence-corrected chi connectivity index (χ2v) is 7.73. The summed E-state index contributed by atoms with van der Waals surface area (Å²) in [5.41, 5.74) is 4.57. The Bertz CT molecular complexity index is 933. The molecule has 3 rings (SSSR count). The fraction of sp³-hybridized carbons (Fsp3) is 0.565. The van der Waals surface area contributed by atoms with Crippen LogP contribution < -0.4 is 15.6 Å². The lowest BCUT2D eigenvalue weighted by molar-refractivity contribution is 0.126. The molecule has 1 aliphatic rings. The van der Waals surface area contributed by atoms with Gasteiger partial charge in [0.1, 0.15) is 17.3 Å². The highest BCUT2D eigenvalue weighted by Gasteiger charge is 2.22. The molecule has 0 amide bonds. The molecule has 164 valence electrons. The Morgan fingerprint density at radius 3 is 2.30 bits per heavy atom. The Kier molecular flexibility index (Phi) is 7.50. The minimum Gasteiger partial charge on any atom is -0.496 e. The van der Waals surface area contributed by atoms with Crippen molar-refractivity contribution in [1.82, 2.24) is 9.55 Å². The summed E-state index contributed by atoms with van der Waals surface area (Å²) in [7, 11) is 4.93. The van der Waals surface area contributed by atoms with Crippen LogP contribution >= 0.6 is 0 Å². The van der Waals surface area contributed by atoms with Crippen LogP contribution in [0.15, 0.2) is 16.9 Å². The molecule has 1 aliphatic carbocycles. The van der Waals surface area contributed by atoms with Crippen molar-refractivity contribution in [2.75, 3.05) is 39.9 Å². The maximum Gasteiger partial charge on any atom is 0.277 e. The maximum absolute atomic E-state index is 13.4. The minimum atomic E-state index is -0.136. The van der Waals surface area contributed by atoms with Gasteiger partial charge in [-0.2, -0.15) is 0 Å².